The van der Waals surface area contributed by atoms with E-state index >= 15 is 0 Å². The fourth-order valence-corrected chi connectivity index (χ4v) is 3.46. The van der Waals surface area contributed by atoms with Gasteiger partial charge in [-0.25, -0.2) is 4.79 Å². The van der Waals surface area contributed by atoms with Crippen LogP contribution < -0.4 is 10.6 Å². The highest BCUT2D eigenvalue weighted by atomic mass is 16.2. The monoisotopic (exact) mass is 330 g/mol. The molecule has 6 nitrogen and oxygen atoms in total. The average molecular weight is 330 g/mol. The van der Waals surface area contributed by atoms with Crippen LogP contribution in [0, 0.1) is 0 Å². The van der Waals surface area contributed by atoms with Crippen LogP contribution in [0.15, 0.2) is 30.3 Å². The molecule has 3 amide bonds. The molecule has 130 valence electrons. The molecule has 0 saturated carbocycles. The molecule has 1 aromatic rings. The Hall–Kier alpha value is -2.08. The number of benzene rings is 1. The van der Waals surface area contributed by atoms with Gasteiger partial charge < -0.3 is 15.5 Å². The summed E-state index contributed by atoms with van der Waals surface area (Å²) in [6.07, 6.45) is 2.20. The minimum atomic E-state index is -0.0350. The Morgan fingerprint density at radius 3 is 2.58 bits per heavy atom. The molecule has 2 aliphatic heterocycles. The Morgan fingerprint density at radius 1 is 1.17 bits per heavy atom. The van der Waals surface area contributed by atoms with Crippen LogP contribution in [0.5, 0.6) is 0 Å². The largest absolute Gasteiger partial charge is 0.353 e. The quantitative estimate of drug-likeness (QED) is 0.818. The predicted molar refractivity (Wildman–Crippen MR) is 92.8 cm³/mol. The summed E-state index contributed by atoms with van der Waals surface area (Å²) in [6.45, 7) is 4.89. The third-order valence-electron chi connectivity index (χ3n) is 4.87. The van der Waals surface area contributed by atoms with Gasteiger partial charge in [0.2, 0.25) is 5.91 Å². The first kappa shape index (κ1) is 16.8. The zero-order valence-corrected chi connectivity index (χ0v) is 14.0. The second-order valence-electron chi connectivity index (χ2n) is 6.53. The van der Waals surface area contributed by atoms with Crippen molar-refractivity contribution in [2.45, 2.75) is 18.8 Å². The molecule has 2 fully saturated rings. The molecule has 2 heterocycles. The number of amides is 3. The SMILES string of the molecule is O=C(CN1CCC(c2ccccc2)CC1)NCCN1CCNC1=O. The normalized spacial score (nSPS) is 19.3. The topological polar surface area (TPSA) is 64.7 Å². The van der Waals surface area contributed by atoms with Gasteiger partial charge in [0.1, 0.15) is 0 Å². The highest BCUT2D eigenvalue weighted by Gasteiger charge is 2.22. The first-order valence-electron chi connectivity index (χ1n) is 8.79. The molecule has 2 N–H and O–H groups in total. The van der Waals surface area contributed by atoms with E-state index in [0.29, 0.717) is 32.1 Å². The van der Waals surface area contributed by atoms with Crippen molar-refractivity contribution in [1.29, 1.82) is 0 Å². The van der Waals surface area contributed by atoms with Crippen molar-refractivity contribution in [1.82, 2.24) is 20.4 Å². The van der Waals surface area contributed by atoms with Crippen LogP contribution >= 0.6 is 0 Å². The lowest BCUT2D eigenvalue weighted by atomic mass is 9.89. The lowest BCUT2D eigenvalue weighted by Gasteiger charge is -2.31. The van der Waals surface area contributed by atoms with Gasteiger partial charge in [-0.3, -0.25) is 9.69 Å². The first-order valence-corrected chi connectivity index (χ1v) is 8.79. The molecule has 1 aromatic carbocycles. The summed E-state index contributed by atoms with van der Waals surface area (Å²) in [7, 11) is 0. The number of nitrogens with zero attached hydrogens (tertiary/aromatic N) is 2. The van der Waals surface area contributed by atoms with Crippen molar-refractivity contribution in [3.05, 3.63) is 35.9 Å². The van der Waals surface area contributed by atoms with Crippen molar-refractivity contribution >= 4 is 11.9 Å². The molecule has 0 bridgehead atoms. The number of hydrogen-bond acceptors (Lipinski definition) is 3. The molecular weight excluding hydrogens is 304 g/mol. The van der Waals surface area contributed by atoms with Gasteiger partial charge in [0.05, 0.1) is 6.54 Å². The van der Waals surface area contributed by atoms with Gasteiger partial charge in [0.15, 0.2) is 0 Å². The standard InChI is InChI=1S/C18H26N4O2/c23-17(19-8-12-22-13-9-20-18(22)24)14-21-10-6-16(7-11-21)15-4-2-1-3-5-15/h1-5,16H,6-14H2,(H,19,23)(H,20,24). The zero-order valence-electron chi connectivity index (χ0n) is 14.0. The lowest BCUT2D eigenvalue weighted by Crippen LogP contribution is -2.43. The summed E-state index contributed by atoms with van der Waals surface area (Å²) in [4.78, 5) is 27.4. The van der Waals surface area contributed by atoms with Gasteiger partial charge in [-0.15, -0.1) is 0 Å². The van der Waals surface area contributed by atoms with Gasteiger partial charge in [-0.2, -0.15) is 0 Å². The van der Waals surface area contributed by atoms with Crippen molar-refractivity contribution in [3.63, 3.8) is 0 Å². The number of nitrogens with one attached hydrogen (secondary N) is 2. The maximum absolute atomic E-state index is 12.0. The third-order valence-corrected chi connectivity index (χ3v) is 4.87. The maximum atomic E-state index is 12.0. The average Bonchev–Trinajstić information content (AvgIpc) is 3.01. The minimum Gasteiger partial charge on any atom is -0.353 e. The molecule has 24 heavy (non-hydrogen) atoms. The van der Waals surface area contributed by atoms with Crippen molar-refractivity contribution in [2.24, 2.45) is 0 Å². The molecule has 6 heteroatoms. The summed E-state index contributed by atoms with van der Waals surface area (Å²) in [6, 6.07) is 10.6. The van der Waals surface area contributed by atoms with Gasteiger partial charge in [0, 0.05) is 26.2 Å². The minimum absolute atomic E-state index is 0.0350. The van der Waals surface area contributed by atoms with Crippen molar-refractivity contribution < 1.29 is 9.59 Å². The van der Waals surface area contributed by atoms with E-state index in [2.05, 4.69) is 45.9 Å². The second kappa shape index (κ2) is 8.15. The van der Waals surface area contributed by atoms with Crippen molar-refractivity contribution in [3.8, 4) is 0 Å². The Labute approximate surface area is 143 Å². The van der Waals surface area contributed by atoms with Crippen LogP contribution in [0.1, 0.15) is 24.3 Å². The number of hydrogen-bond donors (Lipinski definition) is 2. The van der Waals surface area contributed by atoms with Crippen LogP contribution in [-0.4, -0.2) is 67.6 Å². The van der Waals surface area contributed by atoms with E-state index in [1.165, 1.54) is 5.56 Å². The van der Waals surface area contributed by atoms with E-state index < -0.39 is 0 Å². The number of piperidine rings is 1. The second-order valence-corrected chi connectivity index (χ2v) is 6.53. The van der Waals surface area contributed by atoms with E-state index in [9.17, 15) is 9.59 Å². The van der Waals surface area contributed by atoms with Crippen LogP contribution in [0.3, 0.4) is 0 Å². The number of urea groups is 1. The Bertz CT molecular complexity index is 555. The fraction of sp³-hybridized carbons (Fsp3) is 0.556. The van der Waals surface area contributed by atoms with E-state index in [1.54, 1.807) is 4.90 Å². The van der Waals surface area contributed by atoms with E-state index in [-0.39, 0.29) is 11.9 Å². The molecule has 0 aliphatic carbocycles. The van der Waals surface area contributed by atoms with Crippen LogP contribution in [0.2, 0.25) is 0 Å². The van der Waals surface area contributed by atoms with E-state index in [0.717, 1.165) is 32.5 Å². The smallest absolute Gasteiger partial charge is 0.317 e. The Balaban J connectivity index is 1.33. The summed E-state index contributed by atoms with van der Waals surface area (Å²) in [5.41, 5.74) is 1.41. The van der Waals surface area contributed by atoms with E-state index in [1.807, 2.05) is 0 Å². The molecule has 0 spiro atoms. The van der Waals surface area contributed by atoms with Gasteiger partial charge in [-0.05, 0) is 37.4 Å². The zero-order chi connectivity index (χ0) is 16.8. The number of likely N-dealkylation sites (tertiary alicyclic amines) is 1. The number of carbonyl (C=O) groups excluding carboxylic acids is 2. The molecule has 0 unspecified atom stereocenters. The summed E-state index contributed by atoms with van der Waals surface area (Å²) < 4.78 is 0. The third kappa shape index (κ3) is 4.47. The lowest BCUT2D eigenvalue weighted by molar-refractivity contribution is -0.122. The highest BCUT2D eigenvalue weighted by Crippen LogP contribution is 2.27. The highest BCUT2D eigenvalue weighted by molar-refractivity contribution is 5.78. The molecule has 0 aromatic heterocycles. The summed E-state index contributed by atoms with van der Waals surface area (Å²) >= 11 is 0. The van der Waals surface area contributed by atoms with Crippen LogP contribution in [0.25, 0.3) is 0 Å². The predicted octanol–water partition coefficient (Wildman–Crippen LogP) is 1.01. The van der Waals surface area contributed by atoms with Gasteiger partial charge >= 0.3 is 6.03 Å². The van der Waals surface area contributed by atoms with Crippen molar-refractivity contribution in [2.75, 3.05) is 45.8 Å². The first-order chi connectivity index (χ1) is 11.7. The molecular formula is C18H26N4O2. The van der Waals surface area contributed by atoms with Crippen LogP contribution in [-0.2, 0) is 4.79 Å². The number of carbonyl (C=O) groups is 2. The molecule has 3 rings (SSSR count). The Morgan fingerprint density at radius 2 is 1.92 bits per heavy atom. The van der Waals surface area contributed by atoms with E-state index in [4.69, 9.17) is 0 Å². The molecule has 0 atom stereocenters. The number of rotatable bonds is 6. The molecule has 2 aliphatic rings. The molecule has 0 radical (unpaired) electrons. The fourth-order valence-electron chi connectivity index (χ4n) is 3.46. The maximum Gasteiger partial charge on any atom is 0.317 e. The summed E-state index contributed by atoms with van der Waals surface area (Å²) in [5, 5.41) is 5.68. The van der Waals surface area contributed by atoms with Crippen LogP contribution in [0.4, 0.5) is 4.79 Å². The Kier molecular flexibility index (Phi) is 5.69. The molecule has 2 saturated heterocycles. The summed E-state index contributed by atoms with van der Waals surface area (Å²) in [5.74, 6) is 0.659. The van der Waals surface area contributed by atoms with Gasteiger partial charge in [-0.1, -0.05) is 30.3 Å². The van der Waals surface area contributed by atoms with Gasteiger partial charge in [0.25, 0.3) is 0 Å².